The molecule has 0 saturated heterocycles. The van der Waals surface area contributed by atoms with Gasteiger partial charge in [0.2, 0.25) is 0 Å². The van der Waals surface area contributed by atoms with E-state index in [4.69, 9.17) is 5.73 Å². The molecule has 1 atom stereocenters. The molecule has 0 aromatic heterocycles. The van der Waals surface area contributed by atoms with Crippen LogP contribution in [0, 0.1) is 5.92 Å². The van der Waals surface area contributed by atoms with Crippen molar-refractivity contribution in [2.45, 2.75) is 50.7 Å². The Bertz CT molecular complexity index is 151. The Morgan fingerprint density at radius 2 is 1.85 bits per heavy atom. The molecule has 0 bridgehead atoms. The number of rotatable bonds is 5. The molecule has 0 radical (unpaired) electrons. The summed E-state index contributed by atoms with van der Waals surface area (Å²) in [5.74, 6) is 0.761. The SMILES string of the molecule is NC(CCC1CC1)CCC(F)(F)F. The molecule has 1 aliphatic carbocycles. The van der Waals surface area contributed by atoms with Crippen molar-refractivity contribution in [2.24, 2.45) is 11.7 Å². The van der Waals surface area contributed by atoms with Gasteiger partial charge in [-0.05, 0) is 25.2 Å². The van der Waals surface area contributed by atoms with Crippen LogP contribution in [-0.4, -0.2) is 12.2 Å². The molecule has 0 heterocycles. The molecule has 0 spiro atoms. The Morgan fingerprint density at radius 1 is 1.23 bits per heavy atom. The molecule has 1 saturated carbocycles. The molecule has 4 heteroatoms. The van der Waals surface area contributed by atoms with Crippen molar-refractivity contribution in [3.05, 3.63) is 0 Å². The molecule has 1 unspecified atom stereocenters. The van der Waals surface area contributed by atoms with Crippen LogP contribution in [0.5, 0.6) is 0 Å². The molecule has 78 valence electrons. The van der Waals surface area contributed by atoms with E-state index in [1.165, 1.54) is 12.8 Å². The molecule has 1 rings (SSSR count). The zero-order valence-corrected chi connectivity index (χ0v) is 7.61. The topological polar surface area (TPSA) is 26.0 Å². The summed E-state index contributed by atoms with van der Waals surface area (Å²) in [4.78, 5) is 0. The van der Waals surface area contributed by atoms with Crippen molar-refractivity contribution < 1.29 is 13.2 Å². The third-order valence-corrected chi connectivity index (χ3v) is 2.44. The average Bonchev–Trinajstić information content (AvgIpc) is 2.78. The van der Waals surface area contributed by atoms with Gasteiger partial charge in [0.15, 0.2) is 0 Å². The highest BCUT2D eigenvalue weighted by atomic mass is 19.4. The summed E-state index contributed by atoms with van der Waals surface area (Å²) in [6.45, 7) is 0. The standard InChI is InChI=1S/C9H16F3N/c10-9(11,12)6-5-8(13)4-3-7-1-2-7/h7-8H,1-6,13H2. The summed E-state index contributed by atoms with van der Waals surface area (Å²) in [6, 6.07) is -0.262. The Kier molecular flexibility index (Phi) is 3.59. The van der Waals surface area contributed by atoms with E-state index >= 15 is 0 Å². The quantitative estimate of drug-likeness (QED) is 0.717. The maximum absolute atomic E-state index is 11.8. The predicted molar refractivity (Wildman–Crippen MR) is 45.2 cm³/mol. The zero-order valence-electron chi connectivity index (χ0n) is 7.61. The van der Waals surface area contributed by atoms with Crippen LogP contribution in [0.1, 0.15) is 38.5 Å². The van der Waals surface area contributed by atoms with Gasteiger partial charge in [-0.1, -0.05) is 12.8 Å². The lowest BCUT2D eigenvalue weighted by Gasteiger charge is -2.12. The Labute approximate surface area is 76.5 Å². The smallest absolute Gasteiger partial charge is 0.328 e. The number of hydrogen-bond donors (Lipinski definition) is 1. The fourth-order valence-electron chi connectivity index (χ4n) is 1.35. The summed E-state index contributed by atoms with van der Waals surface area (Å²) >= 11 is 0. The number of halogens is 3. The first-order valence-electron chi connectivity index (χ1n) is 4.80. The van der Waals surface area contributed by atoms with E-state index in [1.807, 2.05) is 0 Å². The molecule has 0 amide bonds. The maximum atomic E-state index is 11.8. The van der Waals surface area contributed by atoms with E-state index in [0.717, 1.165) is 18.8 Å². The van der Waals surface area contributed by atoms with Gasteiger partial charge < -0.3 is 5.73 Å². The number of hydrogen-bond acceptors (Lipinski definition) is 1. The van der Waals surface area contributed by atoms with E-state index < -0.39 is 12.6 Å². The summed E-state index contributed by atoms with van der Waals surface area (Å²) < 4.78 is 35.3. The van der Waals surface area contributed by atoms with Crippen molar-refractivity contribution in [2.75, 3.05) is 0 Å². The monoisotopic (exact) mass is 195 g/mol. The van der Waals surface area contributed by atoms with E-state index in [9.17, 15) is 13.2 Å². The average molecular weight is 195 g/mol. The minimum atomic E-state index is -4.04. The van der Waals surface area contributed by atoms with Crippen molar-refractivity contribution in [3.8, 4) is 0 Å². The van der Waals surface area contributed by atoms with Gasteiger partial charge in [-0.25, -0.2) is 0 Å². The summed E-state index contributed by atoms with van der Waals surface area (Å²) in [5, 5.41) is 0. The highest BCUT2D eigenvalue weighted by Crippen LogP contribution is 2.34. The Hall–Kier alpha value is -0.250. The second-order valence-corrected chi connectivity index (χ2v) is 3.93. The highest BCUT2D eigenvalue weighted by molar-refractivity contribution is 4.75. The Morgan fingerprint density at radius 3 is 2.31 bits per heavy atom. The van der Waals surface area contributed by atoms with Crippen molar-refractivity contribution in [1.82, 2.24) is 0 Å². The van der Waals surface area contributed by atoms with E-state index in [2.05, 4.69) is 0 Å². The molecule has 1 aliphatic rings. The summed E-state index contributed by atoms with van der Waals surface area (Å²) in [7, 11) is 0. The van der Waals surface area contributed by atoms with Crippen molar-refractivity contribution >= 4 is 0 Å². The van der Waals surface area contributed by atoms with Gasteiger partial charge in [-0.2, -0.15) is 13.2 Å². The first-order chi connectivity index (χ1) is 5.97. The molecule has 2 N–H and O–H groups in total. The van der Waals surface area contributed by atoms with Gasteiger partial charge in [0.05, 0.1) is 0 Å². The fourth-order valence-corrected chi connectivity index (χ4v) is 1.35. The zero-order chi connectivity index (χ0) is 9.90. The van der Waals surface area contributed by atoms with Crippen LogP contribution in [0.4, 0.5) is 13.2 Å². The number of nitrogens with two attached hydrogens (primary N) is 1. The van der Waals surface area contributed by atoms with Gasteiger partial charge in [0.25, 0.3) is 0 Å². The first-order valence-corrected chi connectivity index (χ1v) is 4.80. The van der Waals surface area contributed by atoms with E-state index in [0.29, 0.717) is 0 Å². The number of alkyl halides is 3. The van der Waals surface area contributed by atoms with Gasteiger partial charge in [-0.3, -0.25) is 0 Å². The lowest BCUT2D eigenvalue weighted by atomic mass is 10.0. The third-order valence-electron chi connectivity index (χ3n) is 2.44. The molecule has 0 aromatic rings. The van der Waals surface area contributed by atoms with Crippen LogP contribution in [0.3, 0.4) is 0 Å². The lowest BCUT2D eigenvalue weighted by Crippen LogP contribution is -2.23. The summed E-state index contributed by atoms with van der Waals surface area (Å²) in [6.07, 6.45) is -0.454. The molecular formula is C9H16F3N. The second-order valence-electron chi connectivity index (χ2n) is 3.93. The van der Waals surface area contributed by atoms with Gasteiger partial charge in [0, 0.05) is 12.5 Å². The van der Waals surface area contributed by atoms with Crippen LogP contribution < -0.4 is 5.73 Å². The van der Waals surface area contributed by atoms with Gasteiger partial charge in [-0.15, -0.1) is 0 Å². The van der Waals surface area contributed by atoms with Crippen LogP contribution >= 0.6 is 0 Å². The lowest BCUT2D eigenvalue weighted by molar-refractivity contribution is -0.136. The molecule has 13 heavy (non-hydrogen) atoms. The molecule has 0 aromatic carbocycles. The fraction of sp³-hybridized carbons (Fsp3) is 1.00. The van der Waals surface area contributed by atoms with Crippen LogP contribution in [-0.2, 0) is 0 Å². The van der Waals surface area contributed by atoms with E-state index in [-0.39, 0.29) is 12.5 Å². The molecular weight excluding hydrogens is 179 g/mol. The predicted octanol–water partition coefficient (Wildman–Crippen LogP) is 2.85. The summed E-state index contributed by atoms with van der Waals surface area (Å²) in [5.41, 5.74) is 5.56. The van der Waals surface area contributed by atoms with Crippen LogP contribution in [0.2, 0.25) is 0 Å². The van der Waals surface area contributed by atoms with E-state index in [1.54, 1.807) is 0 Å². The molecule has 0 aliphatic heterocycles. The van der Waals surface area contributed by atoms with Crippen molar-refractivity contribution in [3.63, 3.8) is 0 Å². The van der Waals surface area contributed by atoms with Crippen molar-refractivity contribution in [1.29, 1.82) is 0 Å². The molecule has 1 nitrogen and oxygen atoms in total. The largest absolute Gasteiger partial charge is 0.389 e. The minimum absolute atomic E-state index is 0.0796. The van der Waals surface area contributed by atoms with Crippen LogP contribution in [0.25, 0.3) is 0 Å². The third kappa shape index (κ3) is 5.91. The highest BCUT2D eigenvalue weighted by Gasteiger charge is 2.28. The maximum Gasteiger partial charge on any atom is 0.389 e. The second kappa shape index (κ2) is 4.31. The minimum Gasteiger partial charge on any atom is -0.328 e. The van der Waals surface area contributed by atoms with Crippen LogP contribution in [0.15, 0.2) is 0 Å². The normalized spacial score (nSPS) is 20.3. The molecule has 1 fully saturated rings. The Balaban J connectivity index is 1.99. The first kappa shape index (κ1) is 10.8. The van der Waals surface area contributed by atoms with Gasteiger partial charge in [0.1, 0.15) is 0 Å². The van der Waals surface area contributed by atoms with Gasteiger partial charge >= 0.3 is 6.18 Å².